The van der Waals surface area contributed by atoms with Crippen LogP contribution in [0.5, 0.6) is 0 Å². The van der Waals surface area contributed by atoms with Crippen LogP contribution < -0.4 is 0 Å². The maximum absolute atomic E-state index is 10.0. The SMILES string of the molecule is N#CCC#N.O=Cc1ccccc1. The van der Waals surface area contributed by atoms with E-state index >= 15 is 0 Å². The molecule has 0 saturated carbocycles. The maximum atomic E-state index is 10.0. The Balaban J connectivity index is 0.000000252. The van der Waals surface area contributed by atoms with Crippen molar-refractivity contribution in [1.82, 2.24) is 0 Å². The van der Waals surface area contributed by atoms with Crippen LogP contribution in [0.15, 0.2) is 30.3 Å². The molecule has 0 aliphatic carbocycles. The van der Waals surface area contributed by atoms with Crippen LogP contribution in [0.2, 0.25) is 0 Å². The largest absolute Gasteiger partial charge is 0.298 e. The lowest BCUT2D eigenvalue weighted by molar-refractivity contribution is 0.112. The van der Waals surface area contributed by atoms with Gasteiger partial charge in [0.2, 0.25) is 0 Å². The predicted molar refractivity (Wildman–Crippen MR) is 47.7 cm³/mol. The van der Waals surface area contributed by atoms with Crippen LogP contribution >= 0.6 is 0 Å². The van der Waals surface area contributed by atoms with Crippen LogP contribution in [0.3, 0.4) is 0 Å². The Labute approximate surface area is 76.8 Å². The molecule has 0 radical (unpaired) electrons. The summed E-state index contributed by atoms with van der Waals surface area (Å²) in [6.45, 7) is 0. The lowest BCUT2D eigenvalue weighted by Gasteiger charge is -1.81. The van der Waals surface area contributed by atoms with Crippen molar-refractivity contribution in [2.75, 3.05) is 0 Å². The molecule has 0 aromatic heterocycles. The van der Waals surface area contributed by atoms with E-state index in [1.165, 1.54) is 0 Å². The molecule has 0 bridgehead atoms. The molecule has 0 saturated heterocycles. The van der Waals surface area contributed by atoms with Crippen molar-refractivity contribution >= 4 is 6.29 Å². The first kappa shape index (κ1) is 10.9. The van der Waals surface area contributed by atoms with Gasteiger partial charge in [0.05, 0.1) is 12.1 Å². The van der Waals surface area contributed by atoms with Crippen molar-refractivity contribution in [2.24, 2.45) is 0 Å². The number of rotatable bonds is 1. The van der Waals surface area contributed by atoms with Gasteiger partial charge in [0.1, 0.15) is 12.7 Å². The Kier molecular flexibility index (Phi) is 6.67. The first-order valence-electron chi connectivity index (χ1n) is 3.59. The second-order valence-electron chi connectivity index (χ2n) is 2.02. The summed E-state index contributed by atoms with van der Waals surface area (Å²) in [6, 6.07) is 12.4. The molecule has 0 spiro atoms. The number of nitriles is 2. The highest BCUT2D eigenvalue weighted by molar-refractivity contribution is 5.74. The van der Waals surface area contributed by atoms with Gasteiger partial charge in [-0.05, 0) is 0 Å². The monoisotopic (exact) mass is 172 g/mol. The topological polar surface area (TPSA) is 64.7 Å². The van der Waals surface area contributed by atoms with E-state index in [4.69, 9.17) is 10.5 Å². The number of carbonyl (C=O) groups is 1. The molecule has 0 aliphatic rings. The van der Waals surface area contributed by atoms with E-state index in [2.05, 4.69) is 0 Å². The molecule has 1 rings (SSSR count). The van der Waals surface area contributed by atoms with Crippen molar-refractivity contribution in [2.45, 2.75) is 6.42 Å². The van der Waals surface area contributed by atoms with Gasteiger partial charge in [-0.3, -0.25) is 4.79 Å². The fourth-order valence-corrected chi connectivity index (χ4v) is 0.567. The van der Waals surface area contributed by atoms with E-state index in [1.807, 2.05) is 18.2 Å². The fourth-order valence-electron chi connectivity index (χ4n) is 0.567. The van der Waals surface area contributed by atoms with Gasteiger partial charge in [0, 0.05) is 5.56 Å². The van der Waals surface area contributed by atoms with Crippen LogP contribution in [0.1, 0.15) is 16.8 Å². The van der Waals surface area contributed by atoms with Crippen LogP contribution in [0, 0.1) is 22.7 Å². The third kappa shape index (κ3) is 6.28. The number of hydrogen-bond donors (Lipinski definition) is 0. The Morgan fingerprint density at radius 1 is 1.15 bits per heavy atom. The molecule has 0 heterocycles. The minimum Gasteiger partial charge on any atom is -0.298 e. The van der Waals surface area contributed by atoms with Crippen molar-refractivity contribution in [1.29, 1.82) is 10.5 Å². The zero-order valence-corrected chi connectivity index (χ0v) is 6.97. The minimum absolute atomic E-state index is 0. The lowest BCUT2D eigenvalue weighted by atomic mass is 10.2. The summed E-state index contributed by atoms with van der Waals surface area (Å²) in [5.41, 5.74) is 0.729. The predicted octanol–water partition coefficient (Wildman–Crippen LogP) is 1.92. The molecule has 64 valence electrons. The second kappa shape index (κ2) is 7.97. The smallest absolute Gasteiger partial charge is 0.150 e. The molecule has 0 unspecified atom stereocenters. The second-order valence-corrected chi connectivity index (χ2v) is 2.02. The van der Waals surface area contributed by atoms with Crippen LogP contribution in [-0.2, 0) is 0 Å². The quantitative estimate of drug-likeness (QED) is 0.608. The highest BCUT2D eigenvalue weighted by Gasteiger charge is 1.79. The first-order chi connectivity index (χ1) is 6.35. The van der Waals surface area contributed by atoms with Crippen LogP contribution in [0.4, 0.5) is 0 Å². The van der Waals surface area contributed by atoms with Gasteiger partial charge in [-0.1, -0.05) is 30.3 Å². The summed E-state index contributed by atoms with van der Waals surface area (Å²) >= 11 is 0. The van der Waals surface area contributed by atoms with E-state index < -0.39 is 0 Å². The van der Waals surface area contributed by atoms with E-state index in [-0.39, 0.29) is 6.42 Å². The van der Waals surface area contributed by atoms with Crippen molar-refractivity contribution < 1.29 is 4.79 Å². The zero-order chi connectivity index (χ0) is 9.94. The summed E-state index contributed by atoms with van der Waals surface area (Å²) in [7, 11) is 0. The molecule has 0 N–H and O–H groups in total. The molecule has 3 heteroatoms. The molecule has 0 amide bonds. The third-order valence-electron chi connectivity index (χ3n) is 1.09. The van der Waals surface area contributed by atoms with Gasteiger partial charge < -0.3 is 0 Å². The van der Waals surface area contributed by atoms with Crippen molar-refractivity contribution in [3.8, 4) is 12.1 Å². The maximum Gasteiger partial charge on any atom is 0.150 e. The van der Waals surface area contributed by atoms with Crippen molar-refractivity contribution in [3.05, 3.63) is 35.9 Å². The fraction of sp³-hybridized carbons (Fsp3) is 0.100. The van der Waals surface area contributed by atoms with Gasteiger partial charge in [0.15, 0.2) is 0 Å². The summed E-state index contributed by atoms with van der Waals surface area (Å²) in [4.78, 5) is 10.0. The number of aldehydes is 1. The molecule has 0 fully saturated rings. The molecule has 1 aromatic carbocycles. The molecular weight excluding hydrogens is 164 g/mol. The standard InChI is InChI=1S/C7H6O.C3H2N2/c8-6-7-4-2-1-3-5-7;4-2-1-3-5/h1-6H;1H2. The molecule has 0 atom stereocenters. The number of benzene rings is 1. The summed E-state index contributed by atoms with van der Waals surface area (Å²) < 4.78 is 0. The van der Waals surface area contributed by atoms with Crippen LogP contribution in [0.25, 0.3) is 0 Å². The van der Waals surface area contributed by atoms with Crippen LogP contribution in [-0.4, -0.2) is 6.29 Å². The van der Waals surface area contributed by atoms with Gasteiger partial charge in [-0.2, -0.15) is 10.5 Å². The molecule has 3 nitrogen and oxygen atoms in total. The summed E-state index contributed by atoms with van der Waals surface area (Å²) in [6.07, 6.45) is 0.833. The number of nitrogens with zero attached hydrogens (tertiary/aromatic N) is 2. The van der Waals surface area contributed by atoms with Gasteiger partial charge in [-0.25, -0.2) is 0 Å². The number of carbonyl (C=O) groups excluding carboxylic acids is 1. The zero-order valence-electron chi connectivity index (χ0n) is 6.97. The average Bonchev–Trinajstić information content (AvgIpc) is 2.21. The number of hydrogen-bond acceptors (Lipinski definition) is 3. The average molecular weight is 172 g/mol. The third-order valence-corrected chi connectivity index (χ3v) is 1.09. The summed E-state index contributed by atoms with van der Waals surface area (Å²) in [5, 5.41) is 15.2. The molecule has 0 aliphatic heterocycles. The Morgan fingerprint density at radius 3 is 1.92 bits per heavy atom. The molecule has 13 heavy (non-hydrogen) atoms. The van der Waals surface area contributed by atoms with E-state index in [1.54, 1.807) is 24.3 Å². The van der Waals surface area contributed by atoms with E-state index in [9.17, 15) is 4.79 Å². The van der Waals surface area contributed by atoms with Gasteiger partial charge in [-0.15, -0.1) is 0 Å². The van der Waals surface area contributed by atoms with E-state index in [0.717, 1.165) is 11.8 Å². The Bertz CT molecular complexity index is 307. The Hall–Kier alpha value is -2.13. The molecule has 1 aromatic rings. The molecular formula is C10H8N2O. The van der Waals surface area contributed by atoms with Gasteiger partial charge >= 0.3 is 0 Å². The Morgan fingerprint density at radius 2 is 1.69 bits per heavy atom. The first-order valence-corrected chi connectivity index (χ1v) is 3.59. The normalized spacial score (nSPS) is 6.92. The lowest BCUT2D eigenvalue weighted by Crippen LogP contribution is -1.73. The summed E-state index contributed by atoms with van der Waals surface area (Å²) in [5.74, 6) is 0. The highest BCUT2D eigenvalue weighted by Crippen LogP contribution is 1.91. The van der Waals surface area contributed by atoms with E-state index in [0.29, 0.717) is 0 Å². The minimum atomic E-state index is 0. The highest BCUT2D eigenvalue weighted by atomic mass is 16.1. The van der Waals surface area contributed by atoms with Crippen molar-refractivity contribution in [3.63, 3.8) is 0 Å². The van der Waals surface area contributed by atoms with Gasteiger partial charge in [0.25, 0.3) is 0 Å².